The van der Waals surface area contributed by atoms with Crippen LogP contribution in [0.1, 0.15) is 29.5 Å². The normalized spacial score (nSPS) is 15.3. The average Bonchev–Trinajstić information content (AvgIpc) is 2.99. The Balaban J connectivity index is 0.00000243. The van der Waals surface area contributed by atoms with Crippen LogP contribution in [-0.2, 0) is 44.0 Å². The zero-order valence-corrected chi connectivity index (χ0v) is 19.2. The van der Waals surface area contributed by atoms with Gasteiger partial charge in [-0.3, -0.25) is 4.79 Å². The fraction of sp³-hybridized carbons (Fsp3) is 0.381. The number of halogens is 1. The first-order valence-corrected chi connectivity index (χ1v) is 9.31. The summed E-state index contributed by atoms with van der Waals surface area (Å²) in [5, 5.41) is 3.84. The van der Waals surface area contributed by atoms with E-state index in [9.17, 15) is 4.79 Å². The zero-order valence-electron chi connectivity index (χ0n) is 15.6. The molecular weight excluding hydrogens is 421 g/mol. The third kappa shape index (κ3) is 5.39. The van der Waals surface area contributed by atoms with Crippen molar-refractivity contribution in [3.05, 3.63) is 64.2 Å². The van der Waals surface area contributed by atoms with E-state index in [0.29, 0.717) is 11.6 Å². The molecule has 0 atom stereocenters. The predicted octanol–water partition coefficient (Wildman–Crippen LogP) is 4.70. The molecule has 1 heterocycles. The molecule has 2 aromatic rings. The van der Waals surface area contributed by atoms with Gasteiger partial charge in [-0.25, -0.2) is 0 Å². The van der Waals surface area contributed by atoms with Crippen molar-refractivity contribution in [3.8, 4) is 0 Å². The molecule has 1 N–H and O–H groups in total. The standard InChI is InChI=1S/C21H25ClN2O.Y/c1-16-12-19(22)13-17(2)21(16)23-20(25)15-24(10-6-7-11-24)14-18-8-4-3-5-9-18;/h3-5,8-9,12-13H,6-7,10-11,14-15H2,1-2H3;/p+1. The van der Waals surface area contributed by atoms with E-state index in [0.717, 1.165) is 40.9 Å². The Labute approximate surface area is 186 Å². The average molecular weight is 447 g/mol. The van der Waals surface area contributed by atoms with Gasteiger partial charge in [0.05, 0.1) is 13.1 Å². The molecule has 0 unspecified atom stereocenters. The van der Waals surface area contributed by atoms with Gasteiger partial charge in [-0.15, -0.1) is 0 Å². The van der Waals surface area contributed by atoms with Crippen molar-refractivity contribution >= 4 is 23.2 Å². The van der Waals surface area contributed by atoms with Crippen LogP contribution in [0.3, 0.4) is 0 Å². The second-order valence-corrected chi connectivity index (χ2v) is 7.70. The minimum Gasteiger partial charge on any atom is -0.321 e. The van der Waals surface area contributed by atoms with Gasteiger partial charge in [0.15, 0.2) is 6.54 Å². The van der Waals surface area contributed by atoms with Crippen molar-refractivity contribution in [2.24, 2.45) is 0 Å². The molecule has 1 fully saturated rings. The number of nitrogens with zero attached hydrogens (tertiary/aromatic N) is 1. The van der Waals surface area contributed by atoms with E-state index in [2.05, 4.69) is 29.6 Å². The van der Waals surface area contributed by atoms with Crippen LogP contribution in [0.5, 0.6) is 0 Å². The number of aryl methyl sites for hydroxylation is 2. The van der Waals surface area contributed by atoms with Crippen molar-refractivity contribution < 1.29 is 42.0 Å². The van der Waals surface area contributed by atoms with Crippen LogP contribution in [0, 0.1) is 13.8 Å². The Bertz CT molecular complexity index is 735. The summed E-state index contributed by atoms with van der Waals surface area (Å²) < 4.78 is 0.849. The molecular formula is C21H26ClN2OY+. The van der Waals surface area contributed by atoms with E-state index in [1.54, 1.807) is 0 Å². The molecule has 0 saturated carbocycles. The Hall–Kier alpha value is -0.736. The number of rotatable bonds is 5. The summed E-state index contributed by atoms with van der Waals surface area (Å²) in [6, 6.07) is 14.3. The van der Waals surface area contributed by atoms with Gasteiger partial charge in [-0.1, -0.05) is 41.9 Å². The number of nitrogens with one attached hydrogen (secondary N) is 1. The number of hydrogen-bond donors (Lipinski definition) is 1. The van der Waals surface area contributed by atoms with E-state index in [4.69, 9.17) is 11.6 Å². The molecule has 3 rings (SSSR count). The fourth-order valence-electron chi connectivity index (χ4n) is 3.94. The summed E-state index contributed by atoms with van der Waals surface area (Å²) in [5.41, 5.74) is 4.21. The fourth-order valence-corrected chi connectivity index (χ4v) is 4.27. The van der Waals surface area contributed by atoms with Crippen LogP contribution in [-0.4, -0.2) is 30.0 Å². The molecule has 26 heavy (non-hydrogen) atoms. The monoisotopic (exact) mass is 446 g/mol. The maximum absolute atomic E-state index is 12.8. The summed E-state index contributed by atoms with van der Waals surface area (Å²) in [5.74, 6) is 0.0892. The van der Waals surface area contributed by atoms with E-state index in [-0.39, 0.29) is 38.6 Å². The molecule has 5 heteroatoms. The number of anilines is 1. The Morgan fingerprint density at radius 3 is 2.23 bits per heavy atom. The molecule has 0 spiro atoms. The number of amides is 1. The Kier molecular flexibility index (Phi) is 7.84. The van der Waals surface area contributed by atoms with Gasteiger partial charge in [-0.05, 0) is 37.1 Å². The Morgan fingerprint density at radius 2 is 1.65 bits per heavy atom. The SMILES string of the molecule is Cc1cc(Cl)cc(C)c1NC(=O)C[N+]1(Cc2ccccc2)CCCC1.[Y]. The van der Waals surface area contributed by atoms with Crippen LogP contribution < -0.4 is 5.32 Å². The third-order valence-electron chi connectivity index (χ3n) is 5.12. The zero-order chi connectivity index (χ0) is 17.9. The molecule has 0 aromatic heterocycles. The van der Waals surface area contributed by atoms with E-state index < -0.39 is 0 Å². The minimum absolute atomic E-state index is 0. The van der Waals surface area contributed by atoms with Gasteiger partial charge in [0.25, 0.3) is 5.91 Å². The number of carbonyl (C=O) groups is 1. The molecule has 1 radical (unpaired) electrons. The van der Waals surface area contributed by atoms with Crippen LogP contribution in [0.4, 0.5) is 5.69 Å². The topological polar surface area (TPSA) is 29.1 Å². The van der Waals surface area contributed by atoms with Crippen LogP contribution >= 0.6 is 11.6 Å². The van der Waals surface area contributed by atoms with Crippen molar-refractivity contribution in [2.45, 2.75) is 33.2 Å². The maximum atomic E-state index is 12.8. The first kappa shape index (κ1) is 21.6. The van der Waals surface area contributed by atoms with Gasteiger partial charge in [0.2, 0.25) is 0 Å². The molecule has 3 nitrogen and oxygen atoms in total. The maximum Gasteiger partial charge on any atom is 0.279 e. The summed E-state index contributed by atoms with van der Waals surface area (Å²) in [6.07, 6.45) is 2.39. The van der Waals surface area contributed by atoms with Crippen LogP contribution in [0.15, 0.2) is 42.5 Å². The number of quaternary nitrogens is 1. The van der Waals surface area contributed by atoms with E-state index >= 15 is 0 Å². The minimum atomic E-state index is 0. The number of carbonyl (C=O) groups excluding carboxylic acids is 1. The van der Waals surface area contributed by atoms with Crippen molar-refractivity contribution in [1.82, 2.24) is 0 Å². The predicted molar refractivity (Wildman–Crippen MR) is 104 cm³/mol. The number of benzene rings is 2. The van der Waals surface area contributed by atoms with Gasteiger partial charge >= 0.3 is 0 Å². The quantitative estimate of drug-likeness (QED) is 0.663. The van der Waals surface area contributed by atoms with Crippen molar-refractivity contribution in [2.75, 3.05) is 25.0 Å². The number of likely N-dealkylation sites (tertiary alicyclic amines) is 1. The van der Waals surface area contributed by atoms with Crippen LogP contribution in [0.25, 0.3) is 0 Å². The third-order valence-corrected chi connectivity index (χ3v) is 5.33. The van der Waals surface area contributed by atoms with Gasteiger partial charge in [0, 0.05) is 61.8 Å². The molecule has 0 aliphatic carbocycles. The molecule has 1 aliphatic heterocycles. The van der Waals surface area contributed by atoms with Gasteiger partial charge < -0.3 is 9.80 Å². The van der Waals surface area contributed by atoms with Crippen molar-refractivity contribution in [1.29, 1.82) is 0 Å². The molecule has 1 saturated heterocycles. The van der Waals surface area contributed by atoms with E-state index in [1.165, 1.54) is 18.4 Å². The summed E-state index contributed by atoms with van der Waals surface area (Å²) >= 11 is 6.09. The van der Waals surface area contributed by atoms with Crippen molar-refractivity contribution in [3.63, 3.8) is 0 Å². The second kappa shape index (κ2) is 9.46. The van der Waals surface area contributed by atoms with Gasteiger partial charge in [-0.2, -0.15) is 0 Å². The summed E-state index contributed by atoms with van der Waals surface area (Å²) in [6.45, 7) is 7.56. The summed E-state index contributed by atoms with van der Waals surface area (Å²) in [7, 11) is 0. The second-order valence-electron chi connectivity index (χ2n) is 7.26. The smallest absolute Gasteiger partial charge is 0.279 e. The molecule has 135 valence electrons. The first-order chi connectivity index (χ1) is 12.0. The largest absolute Gasteiger partial charge is 0.321 e. The number of hydrogen-bond acceptors (Lipinski definition) is 1. The molecule has 0 bridgehead atoms. The summed E-state index contributed by atoms with van der Waals surface area (Å²) in [4.78, 5) is 12.8. The molecule has 1 aliphatic rings. The molecule has 2 aromatic carbocycles. The van der Waals surface area contributed by atoms with Crippen LogP contribution in [0.2, 0.25) is 5.02 Å². The molecule has 1 amide bonds. The van der Waals surface area contributed by atoms with E-state index in [1.807, 2.05) is 32.0 Å². The van der Waals surface area contributed by atoms with Gasteiger partial charge in [0.1, 0.15) is 6.54 Å². The Morgan fingerprint density at radius 1 is 1.08 bits per heavy atom. The first-order valence-electron chi connectivity index (χ1n) is 8.93.